The lowest BCUT2D eigenvalue weighted by atomic mass is 10.2. The molecule has 1 aliphatic rings. The van der Waals surface area contributed by atoms with Gasteiger partial charge in [0.25, 0.3) is 5.56 Å². The second-order valence-electron chi connectivity index (χ2n) is 7.78. The summed E-state index contributed by atoms with van der Waals surface area (Å²) in [4.78, 5) is 22.2. The number of rotatable bonds is 6. The molecule has 0 fully saturated rings. The van der Waals surface area contributed by atoms with Crippen molar-refractivity contribution in [2.24, 2.45) is 0 Å². The van der Waals surface area contributed by atoms with Crippen molar-refractivity contribution in [3.63, 3.8) is 0 Å². The van der Waals surface area contributed by atoms with Crippen LogP contribution in [0.4, 0.5) is 0 Å². The molecule has 0 saturated carbocycles. The number of para-hydroxylation sites is 2. The number of thiophene rings is 1. The lowest BCUT2D eigenvalue weighted by Gasteiger charge is -2.26. The maximum absolute atomic E-state index is 12.7. The Bertz CT molecular complexity index is 1410. The SMILES string of the molecule is C=CCn1c(S[C@@H](C)c2nc3sc(C)c(C)c3c(=O)[nH]2)nnc1[C@H]1COc2ccccc2O1. The number of hydrogen-bond donors (Lipinski definition) is 1. The number of aromatic amines is 1. The van der Waals surface area contributed by atoms with Crippen LogP contribution in [0.25, 0.3) is 10.2 Å². The summed E-state index contributed by atoms with van der Waals surface area (Å²) in [6.07, 6.45) is 1.41. The number of benzene rings is 1. The summed E-state index contributed by atoms with van der Waals surface area (Å²) in [6.45, 7) is 10.7. The zero-order chi connectivity index (χ0) is 23.1. The molecule has 5 rings (SSSR count). The first-order valence-corrected chi connectivity index (χ1v) is 12.2. The van der Waals surface area contributed by atoms with Gasteiger partial charge in [-0.25, -0.2) is 4.98 Å². The highest BCUT2D eigenvalue weighted by atomic mass is 32.2. The maximum Gasteiger partial charge on any atom is 0.259 e. The van der Waals surface area contributed by atoms with Gasteiger partial charge in [0.15, 0.2) is 28.6 Å². The fraction of sp³-hybridized carbons (Fsp3) is 0.304. The summed E-state index contributed by atoms with van der Waals surface area (Å²) in [5.41, 5.74) is 0.881. The summed E-state index contributed by atoms with van der Waals surface area (Å²) in [7, 11) is 0. The first-order valence-electron chi connectivity index (χ1n) is 10.5. The number of H-pyrrole nitrogens is 1. The monoisotopic (exact) mass is 481 g/mol. The molecule has 1 N–H and O–H groups in total. The van der Waals surface area contributed by atoms with E-state index in [0.29, 0.717) is 41.1 Å². The van der Waals surface area contributed by atoms with Gasteiger partial charge in [-0.3, -0.25) is 9.36 Å². The fourth-order valence-corrected chi connectivity index (χ4v) is 5.71. The van der Waals surface area contributed by atoms with Crippen LogP contribution in [0, 0.1) is 13.8 Å². The topological polar surface area (TPSA) is 94.9 Å². The highest BCUT2D eigenvalue weighted by molar-refractivity contribution is 7.99. The van der Waals surface area contributed by atoms with Gasteiger partial charge in [0.2, 0.25) is 0 Å². The van der Waals surface area contributed by atoms with Gasteiger partial charge < -0.3 is 14.5 Å². The van der Waals surface area contributed by atoms with Crippen LogP contribution in [-0.4, -0.2) is 31.3 Å². The maximum atomic E-state index is 12.7. The molecular weight excluding hydrogens is 458 g/mol. The molecule has 0 unspecified atom stereocenters. The molecule has 2 atom stereocenters. The normalized spacial score (nSPS) is 16.2. The number of aromatic nitrogens is 5. The summed E-state index contributed by atoms with van der Waals surface area (Å²) < 4.78 is 14.0. The minimum atomic E-state index is -0.386. The third-order valence-electron chi connectivity index (χ3n) is 5.58. The van der Waals surface area contributed by atoms with Crippen molar-refractivity contribution in [2.75, 3.05) is 6.61 Å². The molecule has 1 aromatic carbocycles. The largest absolute Gasteiger partial charge is 0.485 e. The van der Waals surface area contributed by atoms with Crippen molar-refractivity contribution in [2.45, 2.75) is 43.8 Å². The average molecular weight is 482 g/mol. The Kier molecular flexibility index (Phi) is 5.71. The minimum absolute atomic E-state index is 0.107. The third-order valence-corrected chi connectivity index (χ3v) is 7.77. The van der Waals surface area contributed by atoms with Crippen molar-refractivity contribution < 1.29 is 9.47 Å². The average Bonchev–Trinajstić information content (AvgIpc) is 3.33. The van der Waals surface area contributed by atoms with E-state index in [1.54, 1.807) is 17.4 Å². The number of hydrogen-bond acceptors (Lipinski definition) is 8. The van der Waals surface area contributed by atoms with Gasteiger partial charge in [0.05, 0.1) is 10.6 Å². The molecule has 4 heterocycles. The molecule has 10 heteroatoms. The standard InChI is InChI=1S/C23H23N5O3S2/c1-5-10-28-20(17-11-30-15-8-6-7-9-16(15)31-17)26-27-23(28)33-14(4)19-24-21(29)18-12(2)13(3)32-22(18)25-19/h5-9,14,17H,1,10-11H2,2-4H3,(H,24,25,29)/t14-,17+/m0/s1. The first-order chi connectivity index (χ1) is 16.0. The van der Waals surface area contributed by atoms with Gasteiger partial charge in [-0.15, -0.1) is 28.1 Å². The molecule has 0 radical (unpaired) electrons. The number of nitrogens with zero attached hydrogens (tertiary/aromatic N) is 4. The smallest absolute Gasteiger partial charge is 0.259 e. The minimum Gasteiger partial charge on any atom is -0.485 e. The van der Waals surface area contributed by atoms with Gasteiger partial charge >= 0.3 is 0 Å². The van der Waals surface area contributed by atoms with Crippen LogP contribution in [-0.2, 0) is 6.54 Å². The molecule has 3 aromatic heterocycles. The van der Waals surface area contributed by atoms with Crippen LogP contribution < -0.4 is 15.0 Å². The summed E-state index contributed by atoms with van der Waals surface area (Å²) in [5, 5.41) is 10.0. The second-order valence-corrected chi connectivity index (χ2v) is 10.3. The van der Waals surface area contributed by atoms with Crippen molar-refractivity contribution in [1.82, 2.24) is 24.7 Å². The van der Waals surface area contributed by atoms with Crippen molar-refractivity contribution in [3.8, 4) is 11.5 Å². The molecule has 0 amide bonds. The predicted octanol–water partition coefficient (Wildman–Crippen LogP) is 4.74. The highest BCUT2D eigenvalue weighted by Crippen LogP contribution is 2.38. The van der Waals surface area contributed by atoms with E-state index in [4.69, 9.17) is 14.5 Å². The molecule has 170 valence electrons. The summed E-state index contributed by atoms with van der Waals surface area (Å²) >= 11 is 3.02. The Morgan fingerprint density at radius 2 is 2.12 bits per heavy atom. The Balaban J connectivity index is 1.43. The van der Waals surface area contributed by atoms with Crippen molar-refractivity contribution in [1.29, 1.82) is 0 Å². The van der Waals surface area contributed by atoms with Crippen LogP contribution in [0.3, 0.4) is 0 Å². The van der Waals surface area contributed by atoms with Crippen LogP contribution in [0.5, 0.6) is 11.5 Å². The van der Waals surface area contributed by atoms with Crippen molar-refractivity contribution >= 4 is 33.3 Å². The number of nitrogens with one attached hydrogen (secondary N) is 1. The number of thioether (sulfide) groups is 1. The van der Waals surface area contributed by atoms with Gasteiger partial charge in [-0.1, -0.05) is 30.0 Å². The number of ether oxygens (including phenoxy) is 2. The molecular formula is C23H23N5O3S2. The Morgan fingerprint density at radius 1 is 1.33 bits per heavy atom. The lowest BCUT2D eigenvalue weighted by Crippen LogP contribution is -2.25. The van der Waals surface area contributed by atoms with Gasteiger partial charge in [0.1, 0.15) is 17.3 Å². The molecule has 0 bridgehead atoms. The number of fused-ring (bicyclic) bond motifs is 2. The van der Waals surface area contributed by atoms with E-state index in [-0.39, 0.29) is 16.9 Å². The Hall–Kier alpha value is -3.11. The molecule has 0 aliphatic carbocycles. The van der Waals surface area contributed by atoms with Crippen LogP contribution in [0.1, 0.15) is 40.4 Å². The van der Waals surface area contributed by atoms with Gasteiger partial charge in [-0.05, 0) is 38.5 Å². The molecule has 4 aromatic rings. The lowest BCUT2D eigenvalue weighted by molar-refractivity contribution is 0.0821. The van der Waals surface area contributed by atoms with Crippen LogP contribution in [0.15, 0.2) is 46.9 Å². The summed E-state index contributed by atoms with van der Waals surface area (Å²) in [6, 6.07) is 7.57. The Morgan fingerprint density at radius 3 is 2.91 bits per heavy atom. The van der Waals surface area contributed by atoms with E-state index in [0.717, 1.165) is 21.0 Å². The number of allylic oxidation sites excluding steroid dienone is 1. The van der Waals surface area contributed by atoms with E-state index >= 15 is 0 Å². The molecule has 0 saturated heterocycles. The van der Waals surface area contributed by atoms with E-state index in [9.17, 15) is 4.79 Å². The van der Waals surface area contributed by atoms with E-state index in [1.165, 1.54) is 11.8 Å². The fourth-order valence-electron chi connectivity index (χ4n) is 3.75. The molecule has 33 heavy (non-hydrogen) atoms. The molecule has 0 spiro atoms. The van der Waals surface area contributed by atoms with Gasteiger partial charge in [0, 0.05) is 11.4 Å². The second kappa shape index (κ2) is 8.68. The quantitative estimate of drug-likeness (QED) is 0.314. The van der Waals surface area contributed by atoms with E-state index < -0.39 is 0 Å². The van der Waals surface area contributed by atoms with E-state index in [1.807, 2.05) is 49.6 Å². The number of aryl methyl sites for hydroxylation is 2. The zero-order valence-corrected chi connectivity index (χ0v) is 20.1. The van der Waals surface area contributed by atoms with Gasteiger partial charge in [-0.2, -0.15) is 0 Å². The van der Waals surface area contributed by atoms with Crippen LogP contribution >= 0.6 is 23.1 Å². The Labute approximate surface area is 198 Å². The highest BCUT2D eigenvalue weighted by Gasteiger charge is 2.29. The first kappa shape index (κ1) is 21.7. The third kappa shape index (κ3) is 3.93. The van der Waals surface area contributed by atoms with Crippen LogP contribution in [0.2, 0.25) is 0 Å². The van der Waals surface area contributed by atoms with Crippen molar-refractivity contribution in [3.05, 3.63) is 69.4 Å². The zero-order valence-electron chi connectivity index (χ0n) is 18.5. The molecule has 1 aliphatic heterocycles. The summed E-state index contributed by atoms with van der Waals surface area (Å²) in [5.74, 6) is 2.68. The predicted molar refractivity (Wildman–Crippen MR) is 130 cm³/mol. The molecule has 8 nitrogen and oxygen atoms in total. The van der Waals surface area contributed by atoms with E-state index in [2.05, 4.69) is 21.8 Å².